The van der Waals surface area contributed by atoms with Gasteiger partial charge in [-0.15, -0.1) is 0 Å². The number of carbonyl (C=O) groups is 1. The predicted molar refractivity (Wildman–Crippen MR) is 59.7 cm³/mol. The maximum atomic E-state index is 11.9. The Kier molecular flexibility index (Phi) is 5.06. The van der Waals surface area contributed by atoms with Crippen LogP contribution in [0.3, 0.4) is 0 Å². The SMILES string of the molecule is CC1(C)C2CCC1(CS(=O)(=O)O)C(=O)C2.O.[H-].[Na+]. The van der Waals surface area contributed by atoms with E-state index in [4.69, 9.17) is 4.55 Å². The van der Waals surface area contributed by atoms with Crippen LogP contribution in [0, 0.1) is 16.7 Å². The summed E-state index contributed by atoms with van der Waals surface area (Å²) in [5.41, 5.74) is -1.12. The number of ketones is 1. The molecule has 2 fully saturated rings. The molecule has 2 unspecified atom stereocenters. The minimum absolute atomic E-state index is 0. The standard InChI is InChI=1S/C10H16O4S.Na.H2O.H/c1-9(2)7-3-4-10(9,8(11)5-7)6-15(12,13)14;;;/h7H,3-6H2,1-2H3,(H,12,13,14);;1H2;/q;+1;;-1. The van der Waals surface area contributed by atoms with Gasteiger partial charge < -0.3 is 6.90 Å². The molecule has 2 saturated carbocycles. The summed E-state index contributed by atoms with van der Waals surface area (Å²) in [6.45, 7) is 3.89. The van der Waals surface area contributed by atoms with E-state index in [0.29, 0.717) is 12.8 Å². The molecule has 0 aromatic rings. The molecule has 2 aliphatic rings. The van der Waals surface area contributed by atoms with Crippen LogP contribution in [0.4, 0.5) is 0 Å². The first-order valence-corrected chi connectivity index (χ1v) is 6.78. The first kappa shape index (κ1) is 17.5. The Bertz CT molecular complexity index is 422. The maximum absolute atomic E-state index is 11.9. The van der Waals surface area contributed by atoms with Gasteiger partial charge in [-0.25, -0.2) is 0 Å². The van der Waals surface area contributed by atoms with Crippen molar-refractivity contribution < 1.29 is 54.2 Å². The number of carbonyl (C=O) groups excluding carboxylic acids is 1. The van der Waals surface area contributed by atoms with Crippen molar-refractivity contribution in [1.82, 2.24) is 0 Å². The molecule has 3 N–H and O–H groups in total. The quantitative estimate of drug-likeness (QED) is 0.446. The predicted octanol–water partition coefficient (Wildman–Crippen LogP) is -2.44. The molecule has 5 nitrogen and oxygen atoms in total. The summed E-state index contributed by atoms with van der Waals surface area (Å²) in [6, 6.07) is 0. The van der Waals surface area contributed by atoms with E-state index in [2.05, 4.69) is 0 Å². The van der Waals surface area contributed by atoms with Gasteiger partial charge in [0.15, 0.2) is 0 Å². The van der Waals surface area contributed by atoms with Crippen molar-refractivity contribution in [2.24, 2.45) is 16.7 Å². The molecule has 0 aliphatic heterocycles. The van der Waals surface area contributed by atoms with E-state index in [0.717, 1.165) is 6.42 Å². The molecule has 0 heterocycles. The van der Waals surface area contributed by atoms with Gasteiger partial charge >= 0.3 is 29.6 Å². The fourth-order valence-electron chi connectivity index (χ4n) is 3.42. The molecule has 0 spiro atoms. The normalized spacial score (nSPS) is 34.1. The van der Waals surface area contributed by atoms with Crippen molar-refractivity contribution in [3.63, 3.8) is 0 Å². The van der Waals surface area contributed by atoms with Gasteiger partial charge in [0.25, 0.3) is 10.1 Å². The third kappa shape index (κ3) is 2.48. The molecule has 17 heavy (non-hydrogen) atoms. The molecular weight excluding hydrogens is 255 g/mol. The van der Waals surface area contributed by atoms with Crippen LogP contribution in [0.2, 0.25) is 0 Å². The van der Waals surface area contributed by atoms with E-state index in [9.17, 15) is 13.2 Å². The molecule has 0 radical (unpaired) electrons. The topological polar surface area (TPSA) is 103 Å². The van der Waals surface area contributed by atoms with Crippen molar-refractivity contribution in [2.45, 2.75) is 33.1 Å². The summed E-state index contributed by atoms with van der Waals surface area (Å²) >= 11 is 0. The number of Topliss-reactive ketones (excluding diaryl/α,β-unsaturated/α-hetero) is 1. The van der Waals surface area contributed by atoms with Crippen molar-refractivity contribution in [1.29, 1.82) is 0 Å². The van der Waals surface area contributed by atoms with Gasteiger partial charge in [-0.05, 0) is 24.2 Å². The minimum atomic E-state index is -4.08. The van der Waals surface area contributed by atoms with Gasteiger partial charge in [-0.1, -0.05) is 13.8 Å². The zero-order valence-corrected chi connectivity index (χ0v) is 13.3. The van der Waals surface area contributed by atoms with Crippen LogP contribution in [0.5, 0.6) is 0 Å². The second-order valence-electron chi connectivity index (χ2n) is 5.39. The maximum Gasteiger partial charge on any atom is 1.00 e. The number of rotatable bonds is 2. The van der Waals surface area contributed by atoms with Gasteiger partial charge in [0.05, 0.1) is 11.2 Å². The molecule has 0 aromatic heterocycles. The number of hydrogen-bond acceptors (Lipinski definition) is 3. The van der Waals surface area contributed by atoms with E-state index in [1.807, 2.05) is 13.8 Å². The molecule has 2 aliphatic carbocycles. The van der Waals surface area contributed by atoms with Crippen LogP contribution in [-0.4, -0.2) is 30.0 Å². The van der Waals surface area contributed by atoms with Crippen LogP contribution in [0.15, 0.2) is 0 Å². The van der Waals surface area contributed by atoms with Gasteiger partial charge in [0.1, 0.15) is 5.78 Å². The average Bonchev–Trinajstić information content (AvgIpc) is 2.34. The van der Waals surface area contributed by atoms with Crippen LogP contribution in [-0.2, 0) is 14.9 Å². The fourth-order valence-corrected chi connectivity index (χ4v) is 4.72. The van der Waals surface area contributed by atoms with Crippen molar-refractivity contribution >= 4 is 15.9 Å². The molecule has 7 heteroatoms. The van der Waals surface area contributed by atoms with Gasteiger partial charge in [0, 0.05) is 6.42 Å². The number of fused-ring (bicyclic) bond motifs is 2. The smallest absolute Gasteiger partial charge is 1.00 e. The molecule has 0 aromatic carbocycles. The van der Waals surface area contributed by atoms with Crippen LogP contribution >= 0.6 is 0 Å². The number of hydrogen-bond donors (Lipinski definition) is 1. The van der Waals surface area contributed by atoms with Crippen molar-refractivity contribution in [2.75, 3.05) is 5.75 Å². The van der Waals surface area contributed by atoms with Gasteiger partial charge in [-0.3, -0.25) is 9.35 Å². The molecular formula is C10H19NaO5S. The molecule has 0 amide bonds. The summed E-state index contributed by atoms with van der Waals surface area (Å²) in [5.74, 6) is -0.101. The summed E-state index contributed by atoms with van der Waals surface area (Å²) in [6.07, 6.45) is 1.97. The second-order valence-corrected chi connectivity index (χ2v) is 6.85. The molecule has 96 valence electrons. The van der Waals surface area contributed by atoms with E-state index in [1.165, 1.54) is 0 Å². The second kappa shape index (κ2) is 4.90. The first-order valence-electron chi connectivity index (χ1n) is 5.17. The summed E-state index contributed by atoms with van der Waals surface area (Å²) in [7, 11) is -4.08. The van der Waals surface area contributed by atoms with Crippen molar-refractivity contribution in [3.8, 4) is 0 Å². The zero-order valence-electron chi connectivity index (χ0n) is 11.5. The Balaban J connectivity index is 0. The monoisotopic (exact) mass is 274 g/mol. The Morgan fingerprint density at radius 2 is 2.00 bits per heavy atom. The molecule has 2 rings (SSSR count). The largest absolute Gasteiger partial charge is 1.00 e. The van der Waals surface area contributed by atoms with Crippen LogP contribution < -0.4 is 29.6 Å². The summed E-state index contributed by atoms with van der Waals surface area (Å²) in [4.78, 5) is 11.9. The Hall–Kier alpha value is 0.540. The average molecular weight is 274 g/mol. The molecule has 2 bridgehead atoms. The van der Waals surface area contributed by atoms with E-state index < -0.39 is 21.3 Å². The third-order valence-electron chi connectivity index (χ3n) is 4.57. The van der Waals surface area contributed by atoms with Gasteiger partial charge in [-0.2, -0.15) is 8.42 Å². The van der Waals surface area contributed by atoms with Crippen LogP contribution in [0.25, 0.3) is 0 Å². The minimum Gasteiger partial charge on any atom is -1.00 e. The van der Waals surface area contributed by atoms with Gasteiger partial charge in [0.2, 0.25) is 0 Å². The van der Waals surface area contributed by atoms with Crippen LogP contribution in [0.1, 0.15) is 34.5 Å². The summed E-state index contributed by atoms with van der Waals surface area (Å²) < 4.78 is 31.0. The fraction of sp³-hybridized carbons (Fsp3) is 0.900. The van der Waals surface area contributed by atoms with E-state index in [1.54, 1.807) is 0 Å². The van der Waals surface area contributed by atoms with E-state index in [-0.39, 0.29) is 53.6 Å². The Morgan fingerprint density at radius 1 is 1.47 bits per heavy atom. The summed E-state index contributed by atoms with van der Waals surface area (Å²) in [5, 5.41) is 0. The van der Waals surface area contributed by atoms with E-state index >= 15 is 0 Å². The molecule has 2 atom stereocenters. The Morgan fingerprint density at radius 3 is 2.29 bits per heavy atom. The molecule has 0 saturated heterocycles. The first-order chi connectivity index (χ1) is 6.69. The van der Waals surface area contributed by atoms with Crippen molar-refractivity contribution in [3.05, 3.63) is 0 Å². The third-order valence-corrected chi connectivity index (χ3v) is 5.43. The zero-order chi connectivity index (χ0) is 11.5. The Labute approximate surface area is 125 Å².